The fraction of sp³-hybridized carbons (Fsp3) is 0.364. The van der Waals surface area contributed by atoms with Gasteiger partial charge in [-0.15, -0.1) is 0 Å². The summed E-state index contributed by atoms with van der Waals surface area (Å²) in [6.07, 6.45) is -7.36. The number of amides is 1. The lowest BCUT2D eigenvalue weighted by molar-refractivity contribution is -0.201. The van der Waals surface area contributed by atoms with Gasteiger partial charge in [-0.2, -0.15) is 13.2 Å². The first kappa shape index (κ1) is 15.8. The zero-order valence-electron chi connectivity index (χ0n) is 9.79. The van der Waals surface area contributed by atoms with Crippen LogP contribution in [0.4, 0.5) is 13.2 Å². The molecule has 19 heavy (non-hydrogen) atoms. The number of benzene rings is 1. The monoisotopic (exact) mass is 341 g/mol. The number of hydrogen-bond acceptors (Lipinski definition) is 3. The Morgan fingerprint density at radius 2 is 2.16 bits per heavy atom. The number of halogens is 4. The van der Waals surface area contributed by atoms with E-state index in [1.165, 1.54) is 19.2 Å². The van der Waals surface area contributed by atoms with Crippen LogP contribution in [0, 0.1) is 0 Å². The first-order valence-corrected chi connectivity index (χ1v) is 5.91. The lowest BCUT2D eigenvalue weighted by Gasteiger charge is -2.15. The number of ether oxygens (including phenoxy) is 1. The molecule has 4 nitrogen and oxygen atoms in total. The van der Waals surface area contributed by atoms with E-state index < -0.39 is 24.7 Å². The predicted molar refractivity (Wildman–Crippen MR) is 65.1 cm³/mol. The van der Waals surface area contributed by atoms with E-state index in [4.69, 9.17) is 9.84 Å². The minimum atomic E-state index is -4.76. The molecule has 106 valence electrons. The third kappa shape index (κ3) is 4.39. The van der Waals surface area contributed by atoms with Gasteiger partial charge in [-0.25, -0.2) is 0 Å². The summed E-state index contributed by atoms with van der Waals surface area (Å²) < 4.78 is 41.5. The molecule has 0 bridgehead atoms. The molecule has 0 heterocycles. The molecule has 0 spiro atoms. The highest BCUT2D eigenvalue weighted by molar-refractivity contribution is 9.10. The molecule has 0 fully saturated rings. The maximum absolute atomic E-state index is 12.1. The van der Waals surface area contributed by atoms with Crippen molar-refractivity contribution < 1.29 is 27.8 Å². The van der Waals surface area contributed by atoms with Gasteiger partial charge in [-0.1, -0.05) is 0 Å². The first-order valence-electron chi connectivity index (χ1n) is 5.12. The maximum atomic E-state index is 12.1. The van der Waals surface area contributed by atoms with Crippen molar-refractivity contribution in [1.29, 1.82) is 0 Å². The number of aliphatic hydroxyl groups is 1. The zero-order valence-corrected chi connectivity index (χ0v) is 11.4. The third-order valence-electron chi connectivity index (χ3n) is 2.25. The van der Waals surface area contributed by atoms with Crippen LogP contribution in [0.25, 0.3) is 0 Å². The number of alkyl halides is 3. The van der Waals surface area contributed by atoms with Crippen molar-refractivity contribution in [2.45, 2.75) is 12.3 Å². The SMILES string of the molecule is COc1ccc(Br)c(C(=O)NCC(O)C(F)(F)F)c1. The molecule has 0 aliphatic rings. The minimum absolute atomic E-state index is 0.119. The van der Waals surface area contributed by atoms with Gasteiger partial charge in [-0.05, 0) is 34.1 Å². The predicted octanol–water partition coefficient (Wildman–Crippen LogP) is 2.11. The summed E-state index contributed by atoms with van der Waals surface area (Å²) in [5, 5.41) is 10.8. The summed E-state index contributed by atoms with van der Waals surface area (Å²) in [5.41, 5.74) is 0.119. The van der Waals surface area contributed by atoms with Crippen molar-refractivity contribution in [1.82, 2.24) is 5.32 Å². The highest BCUT2D eigenvalue weighted by Gasteiger charge is 2.38. The Kier molecular flexibility index (Phi) is 5.19. The normalized spacial score (nSPS) is 12.9. The molecule has 0 aromatic heterocycles. The van der Waals surface area contributed by atoms with Crippen LogP contribution in [0.1, 0.15) is 10.4 Å². The molecule has 1 atom stereocenters. The zero-order chi connectivity index (χ0) is 14.6. The van der Waals surface area contributed by atoms with E-state index in [0.29, 0.717) is 10.2 Å². The van der Waals surface area contributed by atoms with Crippen LogP contribution >= 0.6 is 15.9 Å². The van der Waals surface area contributed by atoms with Crippen LogP contribution in [-0.2, 0) is 0 Å². The van der Waals surface area contributed by atoms with Gasteiger partial charge in [0.15, 0.2) is 6.10 Å². The lowest BCUT2D eigenvalue weighted by Crippen LogP contribution is -2.40. The van der Waals surface area contributed by atoms with E-state index in [-0.39, 0.29) is 5.56 Å². The van der Waals surface area contributed by atoms with E-state index in [1.54, 1.807) is 6.07 Å². The highest BCUT2D eigenvalue weighted by atomic mass is 79.9. The van der Waals surface area contributed by atoms with Gasteiger partial charge >= 0.3 is 6.18 Å². The quantitative estimate of drug-likeness (QED) is 0.881. The number of nitrogens with one attached hydrogen (secondary N) is 1. The van der Waals surface area contributed by atoms with Crippen LogP contribution < -0.4 is 10.1 Å². The standard InChI is InChI=1S/C11H11BrF3NO3/c1-19-6-2-3-8(12)7(4-6)10(18)16-5-9(17)11(13,14)15/h2-4,9,17H,5H2,1H3,(H,16,18). The molecule has 1 aromatic carbocycles. The fourth-order valence-corrected chi connectivity index (χ4v) is 1.63. The van der Waals surface area contributed by atoms with Crippen molar-refractivity contribution in [3.05, 3.63) is 28.2 Å². The van der Waals surface area contributed by atoms with Gasteiger partial charge < -0.3 is 15.2 Å². The van der Waals surface area contributed by atoms with Crippen molar-refractivity contribution in [2.75, 3.05) is 13.7 Å². The van der Waals surface area contributed by atoms with Crippen LogP contribution in [0.2, 0.25) is 0 Å². The van der Waals surface area contributed by atoms with Crippen molar-refractivity contribution in [2.24, 2.45) is 0 Å². The van der Waals surface area contributed by atoms with Gasteiger partial charge in [-0.3, -0.25) is 4.79 Å². The second kappa shape index (κ2) is 6.25. The Morgan fingerprint density at radius 3 is 2.68 bits per heavy atom. The topological polar surface area (TPSA) is 58.6 Å². The molecule has 1 amide bonds. The number of rotatable bonds is 4. The number of carbonyl (C=O) groups is 1. The largest absolute Gasteiger partial charge is 0.497 e. The number of methoxy groups -OCH3 is 1. The molecule has 0 aliphatic heterocycles. The second-order valence-corrected chi connectivity index (χ2v) is 4.47. The third-order valence-corrected chi connectivity index (χ3v) is 2.94. The van der Waals surface area contributed by atoms with Crippen molar-refractivity contribution in [3.8, 4) is 5.75 Å². The number of hydrogen-bond donors (Lipinski definition) is 2. The van der Waals surface area contributed by atoms with Crippen LogP contribution in [0.3, 0.4) is 0 Å². The summed E-state index contributed by atoms with van der Waals surface area (Å²) >= 11 is 3.11. The molecule has 1 rings (SSSR count). The number of carbonyl (C=O) groups excluding carboxylic acids is 1. The van der Waals surface area contributed by atoms with E-state index >= 15 is 0 Å². The molecule has 0 saturated carbocycles. The van der Waals surface area contributed by atoms with E-state index in [0.717, 1.165) is 0 Å². The molecule has 0 aliphatic carbocycles. The highest BCUT2D eigenvalue weighted by Crippen LogP contribution is 2.23. The Labute approximate surface area is 115 Å². The lowest BCUT2D eigenvalue weighted by atomic mass is 10.2. The number of aliphatic hydroxyl groups excluding tert-OH is 1. The maximum Gasteiger partial charge on any atom is 0.416 e. The Hall–Kier alpha value is -1.28. The average molecular weight is 342 g/mol. The molecular formula is C11H11BrF3NO3. The van der Waals surface area contributed by atoms with E-state index in [2.05, 4.69) is 15.9 Å². The van der Waals surface area contributed by atoms with Gasteiger partial charge in [0.05, 0.1) is 19.2 Å². The van der Waals surface area contributed by atoms with E-state index in [9.17, 15) is 18.0 Å². The van der Waals surface area contributed by atoms with Crippen molar-refractivity contribution >= 4 is 21.8 Å². The smallest absolute Gasteiger partial charge is 0.416 e. The van der Waals surface area contributed by atoms with Gasteiger partial charge in [0.2, 0.25) is 0 Å². The fourth-order valence-electron chi connectivity index (χ4n) is 1.21. The Morgan fingerprint density at radius 1 is 1.53 bits per heavy atom. The molecule has 0 radical (unpaired) electrons. The summed E-state index contributed by atoms with van der Waals surface area (Å²) in [4.78, 5) is 11.7. The summed E-state index contributed by atoms with van der Waals surface area (Å²) in [6, 6.07) is 4.50. The van der Waals surface area contributed by atoms with E-state index in [1.807, 2.05) is 5.32 Å². The van der Waals surface area contributed by atoms with Crippen LogP contribution in [0.5, 0.6) is 5.75 Å². The van der Waals surface area contributed by atoms with Gasteiger partial charge in [0, 0.05) is 4.47 Å². The Balaban J connectivity index is 2.74. The Bertz CT molecular complexity index is 465. The molecular weight excluding hydrogens is 331 g/mol. The van der Waals surface area contributed by atoms with Crippen LogP contribution in [0.15, 0.2) is 22.7 Å². The second-order valence-electron chi connectivity index (χ2n) is 3.61. The van der Waals surface area contributed by atoms with Crippen LogP contribution in [-0.4, -0.2) is 36.9 Å². The molecule has 2 N–H and O–H groups in total. The van der Waals surface area contributed by atoms with Gasteiger partial charge in [0.25, 0.3) is 5.91 Å². The van der Waals surface area contributed by atoms with Gasteiger partial charge in [0.1, 0.15) is 5.75 Å². The van der Waals surface area contributed by atoms with Crippen molar-refractivity contribution in [3.63, 3.8) is 0 Å². The molecule has 1 aromatic rings. The average Bonchev–Trinajstić information content (AvgIpc) is 2.34. The first-order chi connectivity index (χ1) is 8.75. The minimum Gasteiger partial charge on any atom is -0.497 e. The molecule has 0 saturated heterocycles. The molecule has 8 heteroatoms. The summed E-state index contributed by atoms with van der Waals surface area (Å²) in [6.45, 7) is -0.911. The summed E-state index contributed by atoms with van der Waals surface area (Å²) in [7, 11) is 1.40. The summed E-state index contributed by atoms with van der Waals surface area (Å²) in [5.74, 6) is -0.348. The molecule has 1 unspecified atom stereocenters.